The highest BCUT2D eigenvalue weighted by atomic mass is 35.5. The Balaban J connectivity index is 2.48. The van der Waals surface area contributed by atoms with Gasteiger partial charge in [-0.1, -0.05) is 23.4 Å². The lowest BCUT2D eigenvalue weighted by Crippen LogP contribution is -2.46. The van der Waals surface area contributed by atoms with Crippen molar-refractivity contribution in [2.75, 3.05) is 18.7 Å². The molecule has 1 aromatic rings. The quantitative estimate of drug-likeness (QED) is 0.705. The summed E-state index contributed by atoms with van der Waals surface area (Å²) in [5.41, 5.74) is 2.09. The molecule has 2 rings (SSSR count). The SMILES string of the molecule is Cc1cc(Cl)cc([N+]2(C)CSCC2=O)c1. The molecular weight excluding hydrogens is 230 g/mol. The summed E-state index contributed by atoms with van der Waals surface area (Å²) >= 11 is 7.69. The second-order valence-corrected chi connectivity index (χ2v) is 5.44. The highest BCUT2D eigenvalue weighted by molar-refractivity contribution is 8.00. The molecular formula is C11H13ClNOS+. The molecule has 1 amide bonds. The number of quaternary nitrogens is 1. The van der Waals surface area contributed by atoms with Crippen LogP contribution < -0.4 is 4.48 Å². The Labute approximate surface area is 98.8 Å². The van der Waals surface area contributed by atoms with Gasteiger partial charge in [-0.25, -0.2) is 9.28 Å². The zero-order valence-electron chi connectivity index (χ0n) is 8.79. The molecule has 1 saturated heterocycles. The predicted molar refractivity (Wildman–Crippen MR) is 66.2 cm³/mol. The third-order valence-corrected chi connectivity index (χ3v) is 4.09. The molecule has 15 heavy (non-hydrogen) atoms. The Bertz CT molecular complexity index is 401. The van der Waals surface area contributed by atoms with Gasteiger partial charge in [0.2, 0.25) is 0 Å². The molecule has 1 aliphatic rings. The topological polar surface area (TPSA) is 17.1 Å². The average molecular weight is 243 g/mol. The number of hydrogen-bond acceptors (Lipinski definition) is 2. The summed E-state index contributed by atoms with van der Waals surface area (Å²) in [7, 11) is 1.95. The van der Waals surface area contributed by atoms with Gasteiger partial charge in [-0.15, -0.1) is 0 Å². The van der Waals surface area contributed by atoms with Crippen LogP contribution in [0.15, 0.2) is 18.2 Å². The van der Waals surface area contributed by atoms with E-state index in [0.29, 0.717) is 15.3 Å². The fraction of sp³-hybridized carbons (Fsp3) is 0.364. The Hall–Kier alpha value is -0.510. The molecule has 4 heteroatoms. The molecule has 1 heterocycles. The lowest BCUT2D eigenvalue weighted by molar-refractivity contribution is -0.124. The number of rotatable bonds is 1. The largest absolute Gasteiger partial charge is 0.329 e. The number of nitrogens with zero attached hydrogens (tertiary/aromatic N) is 1. The van der Waals surface area contributed by atoms with Gasteiger partial charge in [0.15, 0.2) is 0 Å². The number of thioether (sulfide) groups is 1. The summed E-state index contributed by atoms with van der Waals surface area (Å²) in [6, 6.07) is 5.83. The van der Waals surface area contributed by atoms with Gasteiger partial charge in [0, 0.05) is 17.2 Å². The summed E-state index contributed by atoms with van der Waals surface area (Å²) in [6.45, 7) is 2.00. The van der Waals surface area contributed by atoms with E-state index in [0.717, 1.165) is 17.1 Å². The van der Waals surface area contributed by atoms with Crippen molar-refractivity contribution in [2.24, 2.45) is 0 Å². The van der Waals surface area contributed by atoms with E-state index in [9.17, 15) is 4.79 Å². The second kappa shape index (κ2) is 3.81. The van der Waals surface area contributed by atoms with Gasteiger partial charge < -0.3 is 0 Å². The Morgan fingerprint density at radius 2 is 2.13 bits per heavy atom. The number of carbonyl (C=O) groups excluding carboxylic acids is 1. The van der Waals surface area contributed by atoms with Crippen LogP contribution in [0.4, 0.5) is 5.69 Å². The summed E-state index contributed by atoms with van der Waals surface area (Å²) in [6.07, 6.45) is 0. The van der Waals surface area contributed by atoms with Crippen molar-refractivity contribution in [1.82, 2.24) is 4.48 Å². The van der Waals surface area contributed by atoms with Crippen molar-refractivity contribution in [3.05, 3.63) is 28.8 Å². The minimum Gasteiger partial charge on any atom is -0.229 e. The number of amides is 1. The van der Waals surface area contributed by atoms with Crippen LogP contribution >= 0.6 is 23.4 Å². The predicted octanol–water partition coefficient (Wildman–Crippen LogP) is 2.82. The first-order valence-corrected chi connectivity index (χ1v) is 6.30. The van der Waals surface area contributed by atoms with Gasteiger partial charge in [-0.3, -0.25) is 0 Å². The molecule has 0 radical (unpaired) electrons. The van der Waals surface area contributed by atoms with Gasteiger partial charge in [0.05, 0.1) is 7.05 Å². The number of aryl methyl sites for hydroxylation is 1. The minimum atomic E-state index is 0.252. The fourth-order valence-corrected chi connectivity index (χ4v) is 3.24. The van der Waals surface area contributed by atoms with Gasteiger partial charge in [0.1, 0.15) is 17.3 Å². The molecule has 0 aliphatic carbocycles. The summed E-state index contributed by atoms with van der Waals surface area (Å²) in [4.78, 5) is 11.8. The molecule has 1 aromatic carbocycles. The Morgan fingerprint density at radius 1 is 1.40 bits per heavy atom. The van der Waals surface area contributed by atoms with E-state index in [1.807, 2.05) is 32.2 Å². The van der Waals surface area contributed by atoms with Gasteiger partial charge in [-0.2, -0.15) is 0 Å². The van der Waals surface area contributed by atoms with Crippen LogP contribution in [0.2, 0.25) is 5.02 Å². The number of hydrogen-bond donors (Lipinski definition) is 0. The molecule has 2 nitrogen and oxygen atoms in total. The van der Waals surface area contributed by atoms with Crippen molar-refractivity contribution in [3.8, 4) is 0 Å². The smallest absolute Gasteiger partial charge is 0.229 e. The Kier molecular flexibility index (Phi) is 2.79. The van der Waals surface area contributed by atoms with E-state index in [1.165, 1.54) is 0 Å². The number of benzene rings is 1. The first-order chi connectivity index (χ1) is 7.02. The first kappa shape index (κ1) is 11.0. The third-order valence-electron chi connectivity index (χ3n) is 2.72. The first-order valence-electron chi connectivity index (χ1n) is 4.77. The molecule has 1 atom stereocenters. The maximum Gasteiger partial charge on any atom is 0.329 e. The summed E-state index contributed by atoms with van der Waals surface area (Å²) in [5, 5.41) is 0.703. The lowest BCUT2D eigenvalue weighted by Gasteiger charge is -2.25. The molecule has 0 saturated carbocycles. The second-order valence-electron chi connectivity index (χ2n) is 4.05. The van der Waals surface area contributed by atoms with Crippen molar-refractivity contribution in [2.45, 2.75) is 6.92 Å². The normalized spacial score (nSPS) is 25.9. The van der Waals surface area contributed by atoms with Gasteiger partial charge in [-0.05, 0) is 18.6 Å². The molecule has 0 spiro atoms. The highest BCUT2D eigenvalue weighted by Crippen LogP contribution is 2.33. The van der Waals surface area contributed by atoms with E-state index >= 15 is 0 Å². The standard InChI is InChI=1S/C11H13ClNOS/c1-8-3-9(12)5-10(4-8)13(2)7-15-6-11(13)14/h3-5H,6-7H2,1-2H3/q+1. The van der Waals surface area contributed by atoms with Crippen LogP contribution in [0.1, 0.15) is 5.56 Å². The van der Waals surface area contributed by atoms with Crippen LogP contribution in [-0.4, -0.2) is 24.6 Å². The molecule has 80 valence electrons. The number of halogens is 1. The molecule has 0 N–H and O–H groups in total. The van der Waals surface area contributed by atoms with Crippen LogP contribution in [0.25, 0.3) is 0 Å². The molecule has 0 bridgehead atoms. The van der Waals surface area contributed by atoms with Crippen LogP contribution in [-0.2, 0) is 4.79 Å². The van der Waals surface area contributed by atoms with Crippen molar-refractivity contribution in [3.63, 3.8) is 0 Å². The fourth-order valence-electron chi connectivity index (χ4n) is 1.75. The summed E-state index contributed by atoms with van der Waals surface area (Å²) < 4.78 is 0.367. The maximum absolute atomic E-state index is 11.8. The summed E-state index contributed by atoms with van der Waals surface area (Å²) in [5.74, 6) is 1.65. The van der Waals surface area contributed by atoms with Crippen molar-refractivity contribution < 1.29 is 4.79 Å². The highest BCUT2D eigenvalue weighted by Gasteiger charge is 2.40. The van der Waals surface area contributed by atoms with E-state index in [2.05, 4.69) is 0 Å². The zero-order valence-corrected chi connectivity index (χ0v) is 10.4. The zero-order chi connectivity index (χ0) is 11.1. The van der Waals surface area contributed by atoms with E-state index < -0.39 is 0 Å². The third kappa shape index (κ3) is 1.92. The average Bonchev–Trinajstić information content (AvgIpc) is 2.47. The lowest BCUT2D eigenvalue weighted by atomic mass is 10.2. The molecule has 1 unspecified atom stereocenters. The molecule has 1 aliphatic heterocycles. The molecule has 0 aromatic heterocycles. The van der Waals surface area contributed by atoms with Crippen LogP contribution in [0.3, 0.4) is 0 Å². The minimum absolute atomic E-state index is 0.252. The van der Waals surface area contributed by atoms with Crippen LogP contribution in [0, 0.1) is 6.92 Å². The van der Waals surface area contributed by atoms with Crippen LogP contribution in [0.5, 0.6) is 0 Å². The van der Waals surface area contributed by atoms with E-state index in [4.69, 9.17) is 11.6 Å². The van der Waals surface area contributed by atoms with Gasteiger partial charge in [0.25, 0.3) is 0 Å². The molecule has 1 fully saturated rings. The van der Waals surface area contributed by atoms with Gasteiger partial charge >= 0.3 is 5.91 Å². The maximum atomic E-state index is 11.8. The van der Waals surface area contributed by atoms with E-state index in [1.54, 1.807) is 11.8 Å². The van der Waals surface area contributed by atoms with Crippen molar-refractivity contribution in [1.29, 1.82) is 0 Å². The number of carbonyl (C=O) groups is 1. The van der Waals surface area contributed by atoms with Crippen molar-refractivity contribution >= 4 is 35.0 Å². The monoisotopic (exact) mass is 242 g/mol. The van der Waals surface area contributed by atoms with E-state index in [-0.39, 0.29) is 5.91 Å². The Morgan fingerprint density at radius 3 is 2.67 bits per heavy atom.